The fourth-order valence-corrected chi connectivity index (χ4v) is 5.06. The minimum absolute atomic E-state index is 0.120. The van der Waals surface area contributed by atoms with Gasteiger partial charge in [0.1, 0.15) is 5.75 Å². The number of alkyl halides is 3. The second-order valence-corrected chi connectivity index (χ2v) is 9.43. The second-order valence-electron chi connectivity index (χ2n) is 8.71. The lowest BCUT2D eigenvalue weighted by Crippen LogP contribution is -2.27. The molecule has 0 radical (unpaired) electrons. The Morgan fingerprint density at radius 3 is 2.63 bits per heavy atom. The molecule has 35 heavy (non-hydrogen) atoms. The van der Waals surface area contributed by atoms with E-state index in [4.69, 9.17) is 5.11 Å². The van der Waals surface area contributed by atoms with E-state index in [1.165, 1.54) is 39.9 Å². The van der Waals surface area contributed by atoms with Crippen molar-refractivity contribution in [2.75, 3.05) is 19.6 Å². The first-order chi connectivity index (χ1) is 16.7. The van der Waals surface area contributed by atoms with Gasteiger partial charge in [0, 0.05) is 50.4 Å². The number of rotatable bonds is 8. The van der Waals surface area contributed by atoms with Gasteiger partial charge in [-0.15, -0.1) is 24.5 Å². The molecule has 2 atom stereocenters. The number of aromatic carboxylic acids is 1. The average molecular weight is 510 g/mol. The molecule has 188 valence electrons. The van der Waals surface area contributed by atoms with Crippen LogP contribution in [-0.2, 0) is 20.1 Å². The van der Waals surface area contributed by atoms with Crippen molar-refractivity contribution >= 4 is 17.3 Å². The highest BCUT2D eigenvalue weighted by atomic mass is 32.1. The van der Waals surface area contributed by atoms with E-state index < -0.39 is 12.3 Å². The number of aromatic nitrogens is 3. The predicted molar refractivity (Wildman–Crippen MR) is 123 cm³/mol. The van der Waals surface area contributed by atoms with Crippen LogP contribution in [0.4, 0.5) is 13.2 Å². The fraction of sp³-hybridized carbons (Fsp3) is 0.435. The quantitative estimate of drug-likeness (QED) is 0.479. The number of likely N-dealkylation sites (tertiary alicyclic amines) is 1. The smallest absolute Gasteiger partial charge is 0.476 e. The van der Waals surface area contributed by atoms with E-state index in [0.717, 1.165) is 43.6 Å². The first kappa shape index (κ1) is 25.1. The maximum Gasteiger partial charge on any atom is 0.573 e. The van der Waals surface area contributed by atoms with Crippen LogP contribution >= 0.6 is 11.3 Å². The third kappa shape index (κ3) is 7.26. The first-order valence-electron chi connectivity index (χ1n) is 11.0. The van der Waals surface area contributed by atoms with Crippen LogP contribution in [0.15, 0.2) is 47.5 Å². The van der Waals surface area contributed by atoms with Crippen LogP contribution in [-0.4, -0.2) is 56.7 Å². The summed E-state index contributed by atoms with van der Waals surface area (Å²) in [6.45, 7) is 4.62. The Bertz CT molecular complexity index is 1110. The zero-order valence-corrected chi connectivity index (χ0v) is 19.8. The molecule has 1 aliphatic carbocycles. The van der Waals surface area contributed by atoms with Crippen molar-refractivity contribution in [3.05, 3.63) is 64.4 Å². The van der Waals surface area contributed by atoms with Crippen LogP contribution < -0.4 is 10.1 Å². The number of hydrogen-bond acceptors (Lipinski definition) is 7. The van der Waals surface area contributed by atoms with Crippen molar-refractivity contribution < 1.29 is 27.8 Å². The summed E-state index contributed by atoms with van der Waals surface area (Å²) in [5.74, 6) is 0.996. The maximum absolute atomic E-state index is 12.3. The van der Waals surface area contributed by atoms with Gasteiger partial charge in [0.2, 0.25) is 0 Å². The summed E-state index contributed by atoms with van der Waals surface area (Å²) in [4.78, 5) is 16.0. The van der Waals surface area contributed by atoms with Gasteiger partial charge in [-0.3, -0.25) is 9.58 Å². The molecule has 2 fully saturated rings. The highest BCUT2D eigenvalue weighted by Crippen LogP contribution is 2.51. The summed E-state index contributed by atoms with van der Waals surface area (Å²) in [7, 11) is 1.93. The number of carboxylic acid groups (broad SMARTS) is 1. The predicted octanol–water partition coefficient (Wildman–Crippen LogP) is 3.63. The van der Waals surface area contributed by atoms with Gasteiger partial charge in [-0.25, -0.2) is 9.78 Å². The van der Waals surface area contributed by atoms with Crippen molar-refractivity contribution in [3.8, 4) is 5.75 Å². The van der Waals surface area contributed by atoms with Gasteiger partial charge in [-0.1, -0.05) is 12.1 Å². The summed E-state index contributed by atoms with van der Waals surface area (Å²) in [5.41, 5.74) is 3.65. The van der Waals surface area contributed by atoms with Crippen LogP contribution in [0.5, 0.6) is 5.75 Å². The van der Waals surface area contributed by atoms with Crippen LogP contribution in [0, 0.1) is 17.8 Å². The van der Waals surface area contributed by atoms with Gasteiger partial charge in [-0.05, 0) is 42.0 Å². The summed E-state index contributed by atoms with van der Waals surface area (Å²) in [5, 5.41) is 17.3. The van der Waals surface area contributed by atoms with Gasteiger partial charge < -0.3 is 15.2 Å². The van der Waals surface area contributed by atoms with Gasteiger partial charge in [0.05, 0.1) is 11.7 Å². The molecule has 0 amide bonds. The Morgan fingerprint density at radius 2 is 2.06 bits per heavy atom. The molecule has 1 saturated carbocycles. The number of piperidine rings is 1. The van der Waals surface area contributed by atoms with Crippen LogP contribution in [0.3, 0.4) is 0 Å². The lowest BCUT2D eigenvalue weighted by molar-refractivity contribution is -0.274. The minimum atomic E-state index is -4.65. The number of carboxylic acids is 1. The molecule has 12 heteroatoms. The Kier molecular flexibility index (Phi) is 7.72. The molecular weight excluding hydrogens is 483 g/mol. The summed E-state index contributed by atoms with van der Waals surface area (Å²) in [6, 6.07) is 6.14. The molecule has 2 aliphatic rings. The molecule has 3 heterocycles. The van der Waals surface area contributed by atoms with E-state index in [0.29, 0.717) is 12.5 Å². The molecule has 2 aromatic heterocycles. The monoisotopic (exact) mass is 509 g/mol. The standard InChI is InChI=1S/C19H23F3N4O.C4H3NO2S/c1-25-9-14(7-24-25)10-26-11-17-16(18(17)12-26)8-23-6-13-3-2-4-15(5-13)27-19(20,21)22;6-4(7)3-1-8-2-5-3/h2-5,7,9,16-18,23H,6,8,10-12H2,1H3;1-2H,(H,6,7). The lowest BCUT2D eigenvalue weighted by Gasteiger charge is -2.18. The van der Waals surface area contributed by atoms with Crippen molar-refractivity contribution in [1.82, 2.24) is 25.0 Å². The van der Waals surface area contributed by atoms with Crippen molar-refractivity contribution in [2.24, 2.45) is 24.8 Å². The molecule has 5 rings (SSSR count). The number of nitrogens with one attached hydrogen (secondary N) is 1. The number of thiazole rings is 1. The SMILES string of the molecule is Cn1cc(CN2CC3C(CNCc4cccc(OC(F)(F)F)c4)C3C2)cn1.O=C(O)c1cscn1. The molecule has 1 aliphatic heterocycles. The lowest BCUT2D eigenvalue weighted by atomic mass is 10.2. The molecule has 0 bridgehead atoms. The number of hydrogen-bond donors (Lipinski definition) is 2. The number of carbonyl (C=O) groups is 1. The maximum atomic E-state index is 12.3. The van der Waals surface area contributed by atoms with E-state index in [2.05, 4.69) is 31.2 Å². The average Bonchev–Trinajstić information content (AvgIpc) is 3.29. The third-order valence-corrected chi connectivity index (χ3v) is 6.69. The largest absolute Gasteiger partial charge is 0.573 e. The third-order valence-electron chi connectivity index (χ3n) is 6.10. The summed E-state index contributed by atoms with van der Waals surface area (Å²) >= 11 is 1.28. The second kappa shape index (κ2) is 10.8. The van der Waals surface area contributed by atoms with Crippen LogP contribution in [0.1, 0.15) is 21.6 Å². The molecule has 2 N–H and O–H groups in total. The topological polar surface area (TPSA) is 92.5 Å². The Hall–Kier alpha value is -2.96. The normalized spacial score (nSPS) is 21.2. The molecule has 0 spiro atoms. The van der Waals surface area contributed by atoms with E-state index in [1.54, 1.807) is 12.1 Å². The van der Waals surface area contributed by atoms with Gasteiger partial charge in [0.25, 0.3) is 0 Å². The first-order valence-corrected chi connectivity index (χ1v) is 12.0. The number of fused-ring (bicyclic) bond motifs is 1. The fourth-order valence-electron chi connectivity index (χ4n) is 4.53. The minimum Gasteiger partial charge on any atom is -0.476 e. The van der Waals surface area contributed by atoms with Gasteiger partial charge in [-0.2, -0.15) is 5.10 Å². The molecule has 8 nitrogen and oxygen atoms in total. The van der Waals surface area contributed by atoms with E-state index in [9.17, 15) is 18.0 Å². The van der Waals surface area contributed by atoms with Crippen molar-refractivity contribution in [3.63, 3.8) is 0 Å². The van der Waals surface area contributed by atoms with Crippen LogP contribution in [0.25, 0.3) is 0 Å². The highest BCUT2D eigenvalue weighted by Gasteiger charge is 2.54. The van der Waals surface area contributed by atoms with E-state index in [1.807, 2.05) is 17.9 Å². The number of aryl methyl sites for hydroxylation is 1. The zero-order chi connectivity index (χ0) is 25.0. The summed E-state index contributed by atoms with van der Waals surface area (Å²) in [6.07, 6.45) is -0.682. The number of benzene rings is 1. The number of nitrogens with zero attached hydrogens (tertiary/aromatic N) is 4. The molecule has 3 aromatic rings. The Balaban J connectivity index is 0.000000308. The van der Waals surface area contributed by atoms with Crippen molar-refractivity contribution in [2.45, 2.75) is 19.5 Å². The highest BCUT2D eigenvalue weighted by molar-refractivity contribution is 7.07. The zero-order valence-electron chi connectivity index (χ0n) is 19.0. The Morgan fingerprint density at radius 1 is 1.29 bits per heavy atom. The molecule has 1 saturated heterocycles. The van der Waals surface area contributed by atoms with E-state index in [-0.39, 0.29) is 11.4 Å². The Labute approximate surface area is 204 Å². The molecular formula is C23H26F3N5O3S. The van der Waals surface area contributed by atoms with E-state index >= 15 is 0 Å². The van der Waals surface area contributed by atoms with Crippen LogP contribution in [0.2, 0.25) is 0 Å². The number of ether oxygens (including phenoxy) is 1. The van der Waals surface area contributed by atoms with Crippen molar-refractivity contribution in [1.29, 1.82) is 0 Å². The molecule has 2 unspecified atom stereocenters. The summed E-state index contributed by atoms with van der Waals surface area (Å²) < 4.78 is 42.7. The number of halogens is 3. The molecule has 1 aromatic carbocycles. The van der Waals surface area contributed by atoms with Gasteiger partial charge >= 0.3 is 12.3 Å². The van der Waals surface area contributed by atoms with Gasteiger partial charge in [0.15, 0.2) is 5.69 Å².